The lowest BCUT2D eigenvalue weighted by molar-refractivity contribution is -0.120. The molecule has 0 aliphatic heterocycles. The van der Waals surface area contributed by atoms with Gasteiger partial charge in [0, 0.05) is 6.42 Å². The summed E-state index contributed by atoms with van der Waals surface area (Å²) in [4.78, 5) is 11.8. The fourth-order valence-electron chi connectivity index (χ4n) is 1.75. The number of hydrogen-bond donors (Lipinski definition) is 1. The number of carbonyl (C=O) groups excluding carboxylic acids is 1. The first-order chi connectivity index (χ1) is 7.27. The Morgan fingerprint density at radius 1 is 1.33 bits per heavy atom. The number of ketones is 1. The molecule has 2 N–H and O–H groups in total. The second-order valence-corrected chi connectivity index (χ2v) is 4.34. The van der Waals surface area contributed by atoms with Crippen molar-refractivity contribution in [3.63, 3.8) is 0 Å². The monoisotopic (exact) mass is 203 g/mol. The molecular formula is C13H17NO. The van der Waals surface area contributed by atoms with Crippen molar-refractivity contribution in [1.82, 2.24) is 0 Å². The summed E-state index contributed by atoms with van der Waals surface area (Å²) in [5.74, 6) is 0.977. The fourth-order valence-corrected chi connectivity index (χ4v) is 1.75. The molecule has 1 aromatic rings. The molecule has 1 fully saturated rings. The fraction of sp³-hybridized carbons (Fsp3) is 0.462. The maximum absolute atomic E-state index is 11.8. The van der Waals surface area contributed by atoms with E-state index in [4.69, 9.17) is 5.73 Å². The molecule has 2 nitrogen and oxygen atoms in total. The van der Waals surface area contributed by atoms with Crippen LogP contribution in [-0.4, -0.2) is 5.78 Å². The van der Waals surface area contributed by atoms with E-state index in [1.165, 1.54) is 12.8 Å². The van der Waals surface area contributed by atoms with Crippen molar-refractivity contribution in [1.29, 1.82) is 0 Å². The first-order valence-electron chi connectivity index (χ1n) is 5.60. The highest BCUT2D eigenvalue weighted by atomic mass is 16.1. The average Bonchev–Trinajstić information content (AvgIpc) is 3.10. The van der Waals surface area contributed by atoms with Crippen LogP contribution in [0.25, 0.3) is 0 Å². The highest BCUT2D eigenvalue weighted by molar-refractivity contribution is 5.85. The van der Waals surface area contributed by atoms with Crippen LogP contribution in [0.15, 0.2) is 30.3 Å². The minimum atomic E-state index is -0.426. The van der Waals surface area contributed by atoms with Crippen LogP contribution >= 0.6 is 0 Å². The summed E-state index contributed by atoms with van der Waals surface area (Å²) >= 11 is 0. The summed E-state index contributed by atoms with van der Waals surface area (Å²) in [5.41, 5.74) is 6.82. The van der Waals surface area contributed by atoms with Gasteiger partial charge < -0.3 is 5.73 Å². The van der Waals surface area contributed by atoms with Crippen molar-refractivity contribution in [2.75, 3.05) is 0 Å². The normalized spacial score (nSPS) is 17.4. The topological polar surface area (TPSA) is 43.1 Å². The molecule has 1 saturated carbocycles. The van der Waals surface area contributed by atoms with E-state index >= 15 is 0 Å². The van der Waals surface area contributed by atoms with Crippen LogP contribution in [0.3, 0.4) is 0 Å². The zero-order chi connectivity index (χ0) is 10.7. The molecule has 0 aromatic heterocycles. The zero-order valence-electron chi connectivity index (χ0n) is 8.86. The molecule has 0 bridgehead atoms. The van der Waals surface area contributed by atoms with Gasteiger partial charge in [-0.2, -0.15) is 0 Å². The van der Waals surface area contributed by atoms with Gasteiger partial charge in [0.2, 0.25) is 0 Å². The molecular weight excluding hydrogens is 186 g/mol. The van der Waals surface area contributed by atoms with Crippen molar-refractivity contribution in [2.45, 2.75) is 31.7 Å². The Bertz CT molecular complexity index is 330. The Labute approximate surface area is 90.5 Å². The van der Waals surface area contributed by atoms with Crippen molar-refractivity contribution in [3.8, 4) is 0 Å². The van der Waals surface area contributed by atoms with Crippen LogP contribution in [0.4, 0.5) is 0 Å². The van der Waals surface area contributed by atoms with Crippen LogP contribution in [0.2, 0.25) is 0 Å². The van der Waals surface area contributed by atoms with Gasteiger partial charge >= 0.3 is 0 Å². The Morgan fingerprint density at radius 3 is 2.60 bits per heavy atom. The zero-order valence-corrected chi connectivity index (χ0v) is 8.86. The van der Waals surface area contributed by atoms with Gasteiger partial charge in [-0.3, -0.25) is 4.79 Å². The van der Waals surface area contributed by atoms with Gasteiger partial charge in [-0.1, -0.05) is 43.2 Å². The molecule has 0 saturated heterocycles. The average molecular weight is 203 g/mol. The van der Waals surface area contributed by atoms with Crippen LogP contribution in [-0.2, 0) is 4.79 Å². The van der Waals surface area contributed by atoms with Crippen molar-refractivity contribution in [2.24, 2.45) is 11.7 Å². The standard InChI is InChI=1S/C13H17NO/c14-13(11-4-2-1-3-5-11)12(15)9-8-10-6-7-10/h1-5,10,13H,6-9,14H2. The largest absolute Gasteiger partial charge is 0.318 e. The van der Waals surface area contributed by atoms with Gasteiger partial charge in [-0.25, -0.2) is 0 Å². The molecule has 1 aromatic carbocycles. The maximum atomic E-state index is 11.8. The van der Waals surface area contributed by atoms with Crippen molar-refractivity contribution in [3.05, 3.63) is 35.9 Å². The molecule has 1 unspecified atom stereocenters. The van der Waals surface area contributed by atoms with E-state index in [0.717, 1.165) is 17.9 Å². The summed E-state index contributed by atoms with van der Waals surface area (Å²) in [5, 5.41) is 0. The molecule has 0 heterocycles. The van der Waals surface area contributed by atoms with E-state index in [0.29, 0.717) is 6.42 Å². The molecule has 1 aliphatic carbocycles. The summed E-state index contributed by atoms with van der Waals surface area (Å²) < 4.78 is 0. The van der Waals surface area contributed by atoms with Crippen LogP contribution < -0.4 is 5.73 Å². The minimum absolute atomic E-state index is 0.174. The molecule has 0 amide bonds. The Balaban J connectivity index is 1.88. The predicted molar refractivity (Wildman–Crippen MR) is 60.3 cm³/mol. The molecule has 1 atom stereocenters. The maximum Gasteiger partial charge on any atom is 0.154 e. The predicted octanol–water partition coefficient (Wildman–Crippen LogP) is 2.45. The van der Waals surface area contributed by atoms with Crippen molar-refractivity contribution >= 4 is 5.78 Å². The van der Waals surface area contributed by atoms with Gasteiger partial charge in [-0.05, 0) is 17.9 Å². The second-order valence-electron chi connectivity index (χ2n) is 4.34. The molecule has 0 radical (unpaired) electrons. The summed E-state index contributed by atoms with van der Waals surface area (Å²) in [6, 6.07) is 9.18. The Kier molecular flexibility index (Phi) is 3.17. The number of Topliss-reactive ketones (excluding diaryl/α,β-unsaturated/α-hetero) is 1. The van der Waals surface area contributed by atoms with Crippen LogP contribution in [0.1, 0.15) is 37.3 Å². The van der Waals surface area contributed by atoms with Gasteiger partial charge in [0.05, 0.1) is 6.04 Å². The van der Waals surface area contributed by atoms with Crippen LogP contribution in [0.5, 0.6) is 0 Å². The molecule has 80 valence electrons. The van der Waals surface area contributed by atoms with E-state index in [1.807, 2.05) is 30.3 Å². The third kappa shape index (κ3) is 2.90. The first kappa shape index (κ1) is 10.4. The first-order valence-corrected chi connectivity index (χ1v) is 5.60. The van der Waals surface area contributed by atoms with Gasteiger partial charge in [-0.15, -0.1) is 0 Å². The number of benzene rings is 1. The lowest BCUT2D eigenvalue weighted by Gasteiger charge is -2.10. The smallest absolute Gasteiger partial charge is 0.154 e. The third-order valence-electron chi connectivity index (χ3n) is 3.00. The van der Waals surface area contributed by atoms with Gasteiger partial charge in [0.15, 0.2) is 5.78 Å². The van der Waals surface area contributed by atoms with E-state index in [-0.39, 0.29) is 5.78 Å². The summed E-state index contributed by atoms with van der Waals surface area (Å²) in [6.07, 6.45) is 4.27. The summed E-state index contributed by atoms with van der Waals surface area (Å²) in [7, 11) is 0. The van der Waals surface area contributed by atoms with E-state index in [9.17, 15) is 4.79 Å². The number of nitrogens with two attached hydrogens (primary N) is 1. The second kappa shape index (κ2) is 4.58. The minimum Gasteiger partial charge on any atom is -0.318 e. The number of carbonyl (C=O) groups is 1. The van der Waals surface area contributed by atoms with E-state index in [2.05, 4.69) is 0 Å². The van der Waals surface area contributed by atoms with Crippen molar-refractivity contribution < 1.29 is 4.79 Å². The number of hydrogen-bond acceptors (Lipinski definition) is 2. The highest BCUT2D eigenvalue weighted by Gasteiger charge is 2.23. The lowest BCUT2D eigenvalue weighted by atomic mass is 10.00. The number of rotatable bonds is 5. The molecule has 15 heavy (non-hydrogen) atoms. The third-order valence-corrected chi connectivity index (χ3v) is 3.00. The SMILES string of the molecule is NC(C(=O)CCC1CC1)c1ccccc1. The van der Waals surface area contributed by atoms with Gasteiger partial charge in [0.25, 0.3) is 0 Å². The van der Waals surface area contributed by atoms with Gasteiger partial charge in [0.1, 0.15) is 0 Å². The van der Waals surface area contributed by atoms with Crippen LogP contribution in [0, 0.1) is 5.92 Å². The van der Waals surface area contributed by atoms with E-state index < -0.39 is 6.04 Å². The Hall–Kier alpha value is -1.15. The molecule has 2 heteroatoms. The molecule has 1 aliphatic rings. The molecule has 0 spiro atoms. The van der Waals surface area contributed by atoms with E-state index in [1.54, 1.807) is 0 Å². The quantitative estimate of drug-likeness (QED) is 0.798. The summed E-state index contributed by atoms with van der Waals surface area (Å²) in [6.45, 7) is 0. The highest BCUT2D eigenvalue weighted by Crippen LogP contribution is 2.34. The Morgan fingerprint density at radius 2 is 2.00 bits per heavy atom. The lowest BCUT2D eigenvalue weighted by Crippen LogP contribution is -2.21. The molecule has 2 rings (SSSR count).